The summed E-state index contributed by atoms with van der Waals surface area (Å²) in [6.07, 6.45) is 4.64. The molecule has 1 aliphatic heterocycles. The molecule has 2 heterocycles. The Kier molecular flexibility index (Phi) is 6.58. The molecule has 0 atom stereocenters. The normalized spacial score (nSPS) is 12.9. The van der Waals surface area contributed by atoms with E-state index in [0.717, 1.165) is 30.1 Å². The molecule has 3 nitrogen and oxygen atoms in total. The van der Waals surface area contributed by atoms with E-state index in [9.17, 15) is 8.78 Å². The first-order chi connectivity index (χ1) is 13.2. The minimum absolute atomic E-state index is 0. The van der Waals surface area contributed by atoms with Crippen LogP contribution in [0, 0.1) is 30.4 Å². The van der Waals surface area contributed by atoms with Crippen molar-refractivity contribution in [2.24, 2.45) is 0 Å². The Balaban J connectivity index is 0.00000225. The SMILES string of the molecule is Fc1c[c-]c(-c2cccc(CCN3C=CN(c4[c-]cccc4)[CH-]3)n2)c(F)c1.[Pt]. The maximum Gasteiger partial charge on any atom is 0.0408 e. The summed E-state index contributed by atoms with van der Waals surface area (Å²) in [5, 5.41) is 0. The Labute approximate surface area is 177 Å². The fourth-order valence-corrected chi connectivity index (χ4v) is 2.86. The van der Waals surface area contributed by atoms with Gasteiger partial charge in [-0.2, -0.15) is 37.0 Å². The zero-order valence-electron chi connectivity index (χ0n) is 14.8. The van der Waals surface area contributed by atoms with Gasteiger partial charge >= 0.3 is 0 Å². The maximum absolute atomic E-state index is 14.0. The van der Waals surface area contributed by atoms with Gasteiger partial charge in [-0.1, -0.05) is 23.8 Å². The van der Waals surface area contributed by atoms with E-state index in [1.54, 1.807) is 6.07 Å². The van der Waals surface area contributed by atoms with Gasteiger partial charge in [0.25, 0.3) is 0 Å². The monoisotopic (exact) mass is 555 g/mol. The summed E-state index contributed by atoms with van der Waals surface area (Å²) in [4.78, 5) is 8.54. The van der Waals surface area contributed by atoms with Gasteiger partial charge in [0.05, 0.1) is 0 Å². The maximum atomic E-state index is 14.0. The molecule has 0 saturated carbocycles. The number of aromatic nitrogens is 1. The van der Waals surface area contributed by atoms with Gasteiger partial charge in [0.1, 0.15) is 0 Å². The third kappa shape index (κ3) is 4.66. The number of anilines is 1. The number of nitrogens with zero attached hydrogens (tertiary/aromatic N) is 3. The third-order valence-electron chi connectivity index (χ3n) is 4.21. The van der Waals surface area contributed by atoms with Crippen LogP contribution in [0.3, 0.4) is 0 Å². The number of hydrogen-bond donors (Lipinski definition) is 0. The van der Waals surface area contributed by atoms with Crippen LogP contribution in [0.25, 0.3) is 11.3 Å². The summed E-state index contributed by atoms with van der Waals surface area (Å²) >= 11 is 0. The molecular weight excluding hydrogens is 539 g/mol. The number of para-hydroxylation sites is 1. The van der Waals surface area contributed by atoms with Crippen LogP contribution in [-0.4, -0.2) is 16.4 Å². The molecule has 0 amide bonds. The van der Waals surface area contributed by atoms with E-state index < -0.39 is 11.6 Å². The second-order valence-electron chi connectivity index (χ2n) is 6.11. The predicted octanol–water partition coefficient (Wildman–Crippen LogP) is 4.58. The number of rotatable bonds is 5. The second-order valence-corrected chi connectivity index (χ2v) is 6.11. The first-order valence-electron chi connectivity index (χ1n) is 8.56. The standard InChI is InChI=1S/C22H16F2N3.Pt/c23-17-9-10-20(21(24)15-17)22-8-4-5-18(25-22)11-12-26-13-14-27(16-26)19-6-2-1-3-7-19;/h1-6,8-9,13-16H,11-12H2;/q-3;. The van der Waals surface area contributed by atoms with E-state index in [1.165, 1.54) is 0 Å². The molecule has 146 valence electrons. The van der Waals surface area contributed by atoms with Crippen molar-refractivity contribution in [3.8, 4) is 11.3 Å². The molecule has 0 fully saturated rings. The Bertz CT molecular complexity index is 963. The second kappa shape index (κ2) is 9.11. The van der Waals surface area contributed by atoms with Gasteiger partial charge < -0.3 is 14.8 Å². The van der Waals surface area contributed by atoms with Gasteiger partial charge in [-0.15, -0.1) is 17.8 Å². The van der Waals surface area contributed by atoms with E-state index in [2.05, 4.69) is 22.0 Å². The Morgan fingerprint density at radius 2 is 1.93 bits per heavy atom. The fraction of sp³-hybridized carbons (Fsp3) is 0.0909. The van der Waals surface area contributed by atoms with Crippen molar-refractivity contribution >= 4 is 5.69 Å². The molecule has 0 N–H and O–H groups in total. The molecule has 0 spiro atoms. The van der Waals surface area contributed by atoms with Gasteiger partial charge in [-0.05, 0) is 30.7 Å². The van der Waals surface area contributed by atoms with E-state index in [0.29, 0.717) is 12.1 Å². The minimum Gasteiger partial charge on any atom is -0.508 e. The summed E-state index contributed by atoms with van der Waals surface area (Å²) in [5.41, 5.74) is 2.43. The topological polar surface area (TPSA) is 19.4 Å². The zero-order chi connectivity index (χ0) is 18.6. The Morgan fingerprint density at radius 3 is 2.71 bits per heavy atom. The van der Waals surface area contributed by atoms with Crippen molar-refractivity contribution in [3.63, 3.8) is 0 Å². The Hall–Kier alpha value is -2.52. The summed E-state index contributed by atoms with van der Waals surface area (Å²) in [6.45, 7) is 2.72. The summed E-state index contributed by atoms with van der Waals surface area (Å²) < 4.78 is 27.0. The molecule has 0 bridgehead atoms. The zero-order valence-corrected chi connectivity index (χ0v) is 17.0. The van der Waals surface area contributed by atoms with Crippen LogP contribution in [0.5, 0.6) is 0 Å². The van der Waals surface area contributed by atoms with E-state index in [4.69, 9.17) is 0 Å². The summed E-state index contributed by atoms with van der Waals surface area (Å²) in [5.74, 6) is -1.31. The van der Waals surface area contributed by atoms with Crippen LogP contribution < -0.4 is 4.90 Å². The van der Waals surface area contributed by atoms with Gasteiger partial charge in [0.2, 0.25) is 0 Å². The van der Waals surface area contributed by atoms with Crippen molar-refractivity contribution in [2.45, 2.75) is 6.42 Å². The average molecular weight is 555 g/mol. The first kappa shape index (κ1) is 20.2. The van der Waals surface area contributed by atoms with Crippen LogP contribution in [0.2, 0.25) is 0 Å². The van der Waals surface area contributed by atoms with Crippen LogP contribution in [0.1, 0.15) is 5.69 Å². The van der Waals surface area contributed by atoms with Crippen LogP contribution in [-0.2, 0) is 27.5 Å². The number of pyridine rings is 1. The number of benzene rings is 2. The summed E-state index contributed by atoms with van der Waals surface area (Å²) in [6, 6.07) is 20.9. The van der Waals surface area contributed by atoms with E-state index in [-0.39, 0.29) is 26.6 Å². The van der Waals surface area contributed by atoms with Crippen LogP contribution >= 0.6 is 0 Å². The minimum atomic E-state index is -0.662. The molecule has 4 rings (SSSR count). The Morgan fingerprint density at radius 1 is 1.04 bits per heavy atom. The van der Waals surface area contributed by atoms with Crippen molar-refractivity contribution in [1.82, 2.24) is 9.88 Å². The molecule has 6 heteroatoms. The van der Waals surface area contributed by atoms with Crippen molar-refractivity contribution in [2.75, 3.05) is 11.4 Å². The molecule has 1 aromatic heterocycles. The van der Waals surface area contributed by atoms with Crippen LogP contribution in [0.4, 0.5) is 14.5 Å². The third-order valence-corrected chi connectivity index (χ3v) is 4.21. The van der Waals surface area contributed by atoms with E-state index >= 15 is 0 Å². The average Bonchev–Trinajstić information content (AvgIpc) is 3.16. The number of halogens is 2. The van der Waals surface area contributed by atoms with Gasteiger partial charge in [-0.3, -0.25) is 8.78 Å². The van der Waals surface area contributed by atoms with Gasteiger partial charge in [0, 0.05) is 44.8 Å². The van der Waals surface area contributed by atoms with Crippen LogP contribution in [0.15, 0.2) is 67.0 Å². The molecule has 0 unspecified atom stereocenters. The molecule has 0 saturated heterocycles. The van der Waals surface area contributed by atoms with Gasteiger partial charge in [-0.25, -0.2) is 0 Å². The molecule has 1 aliphatic rings. The molecule has 28 heavy (non-hydrogen) atoms. The smallest absolute Gasteiger partial charge is 0.0408 e. The number of hydrogen-bond acceptors (Lipinski definition) is 3. The molecule has 0 radical (unpaired) electrons. The van der Waals surface area contributed by atoms with Crippen molar-refractivity contribution in [1.29, 1.82) is 0 Å². The fourth-order valence-electron chi connectivity index (χ4n) is 2.86. The molecule has 0 aliphatic carbocycles. The molecular formula is C22H16F2N3Pt-3. The van der Waals surface area contributed by atoms with Crippen molar-refractivity contribution < 1.29 is 29.8 Å². The van der Waals surface area contributed by atoms with Gasteiger partial charge in [0.15, 0.2) is 0 Å². The van der Waals surface area contributed by atoms with E-state index in [1.807, 2.05) is 60.4 Å². The predicted molar refractivity (Wildman–Crippen MR) is 100 cm³/mol. The molecule has 3 aromatic rings. The summed E-state index contributed by atoms with van der Waals surface area (Å²) in [7, 11) is 0. The first-order valence-corrected chi connectivity index (χ1v) is 8.56. The largest absolute Gasteiger partial charge is 0.508 e. The quantitative estimate of drug-likeness (QED) is 0.430. The molecule has 2 aromatic carbocycles. The van der Waals surface area contributed by atoms with Crippen molar-refractivity contribution in [3.05, 3.63) is 103 Å².